The average molecular weight is 295 g/mol. The highest BCUT2D eigenvalue weighted by molar-refractivity contribution is 6.38. The van der Waals surface area contributed by atoms with Crippen LogP contribution in [0.4, 0.5) is 0 Å². The lowest BCUT2D eigenvalue weighted by molar-refractivity contribution is -0.123. The van der Waals surface area contributed by atoms with Gasteiger partial charge in [-0.05, 0) is 17.2 Å². The highest BCUT2D eigenvalue weighted by Crippen LogP contribution is 2.27. The molecule has 1 unspecified atom stereocenters. The summed E-state index contributed by atoms with van der Waals surface area (Å²) in [5, 5.41) is 3.97. The molecule has 3 rings (SSSR count). The van der Waals surface area contributed by atoms with Crippen molar-refractivity contribution < 1.29 is 9.63 Å². The molecule has 1 aromatic carbocycles. The molecule has 1 aliphatic rings. The molecular weight excluding hydrogens is 278 g/mol. The van der Waals surface area contributed by atoms with Gasteiger partial charge in [0.25, 0.3) is 5.91 Å². The van der Waals surface area contributed by atoms with E-state index in [1.54, 1.807) is 24.3 Å². The van der Waals surface area contributed by atoms with Crippen molar-refractivity contribution in [3.05, 3.63) is 66.0 Å². The third-order valence-electron chi connectivity index (χ3n) is 3.58. The van der Waals surface area contributed by atoms with Crippen molar-refractivity contribution in [1.29, 1.82) is 0 Å². The number of amides is 1. The third-order valence-corrected chi connectivity index (χ3v) is 3.58. The van der Waals surface area contributed by atoms with Crippen LogP contribution in [0.2, 0.25) is 0 Å². The zero-order valence-electron chi connectivity index (χ0n) is 12.3. The number of pyridine rings is 1. The summed E-state index contributed by atoms with van der Waals surface area (Å²) in [4.78, 5) is 23.5. The first-order chi connectivity index (χ1) is 10.7. The molecule has 0 spiro atoms. The lowest BCUT2D eigenvalue weighted by Crippen LogP contribution is -2.32. The topological polar surface area (TPSA) is 54.8 Å². The Balaban J connectivity index is 1.61. The smallest absolute Gasteiger partial charge is 0.271 e. The fourth-order valence-electron chi connectivity index (χ4n) is 2.41. The molecule has 0 bridgehead atoms. The minimum absolute atomic E-state index is 0.109. The molecule has 5 nitrogen and oxygen atoms in total. The van der Waals surface area contributed by atoms with Crippen LogP contribution in [-0.4, -0.2) is 28.6 Å². The van der Waals surface area contributed by atoms with Crippen LogP contribution in [0.15, 0.2) is 60.0 Å². The van der Waals surface area contributed by atoms with Gasteiger partial charge in [0.05, 0.1) is 0 Å². The van der Waals surface area contributed by atoms with Gasteiger partial charge in [-0.2, -0.15) is 0 Å². The molecule has 0 radical (unpaired) electrons. The lowest BCUT2D eigenvalue weighted by atomic mass is 10.0. The largest absolute Gasteiger partial charge is 0.387 e. The maximum Gasteiger partial charge on any atom is 0.271 e. The van der Waals surface area contributed by atoms with Gasteiger partial charge in [0, 0.05) is 32.4 Å². The molecule has 112 valence electrons. The number of hydrogen-bond donors (Lipinski definition) is 0. The van der Waals surface area contributed by atoms with Crippen molar-refractivity contribution in [2.75, 3.05) is 7.05 Å². The fraction of sp³-hybridized carbons (Fsp3) is 0.235. The quantitative estimate of drug-likeness (QED) is 0.871. The number of carbonyl (C=O) groups is 1. The van der Waals surface area contributed by atoms with Crippen LogP contribution < -0.4 is 0 Å². The lowest BCUT2D eigenvalue weighted by Gasteiger charge is -2.16. The molecule has 1 aromatic heterocycles. The van der Waals surface area contributed by atoms with Crippen molar-refractivity contribution in [2.45, 2.75) is 19.1 Å². The molecule has 0 aliphatic carbocycles. The van der Waals surface area contributed by atoms with Gasteiger partial charge in [-0.25, -0.2) is 0 Å². The zero-order chi connectivity index (χ0) is 15.4. The first kappa shape index (κ1) is 14.3. The summed E-state index contributed by atoms with van der Waals surface area (Å²) >= 11 is 0. The SMILES string of the molecule is CN(Cc1cccnc1)C(=O)C1=NOC(c2ccccc2)C1. The van der Waals surface area contributed by atoms with Crippen molar-refractivity contribution in [3.8, 4) is 0 Å². The maximum absolute atomic E-state index is 12.4. The van der Waals surface area contributed by atoms with Crippen LogP contribution in [0, 0.1) is 0 Å². The molecule has 1 atom stereocenters. The maximum atomic E-state index is 12.4. The second-order valence-corrected chi connectivity index (χ2v) is 5.27. The first-order valence-corrected chi connectivity index (χ1v) is 7.16. The van der Waals surface area contributed by atoms with Crippen molar-refractivity contribution >= 4 is 11.6 Å². The summed E-state index contributed by atoms with van der Waals surface area (Å²) in [5.74, 6) is -0.109. The van der Waals surface area contributed by atoms with E-state index in [-0.39, 0.29) is 12.0 Å². The Morgan fingerprint density at radius 1 is 1.27 bits per heavy atom. The molecular formula is C17H17N3O2. The first-order valence-electron chi connectivity index (χ1n) is 7.16. The fourth-order valence-corrected chi connectivity index (χ4v) is 2.41. The Morgan fingerprint density at radius 3 is 2.82 bits per heavy atom. The van der Waals surface area contributed by atoms with Crippen LogP contribution in [0.3, 0.4) is 0 Å². The van der Waals surface area contributed by atoms with Gasteiger partial charge in [0.2, 0.25) is 0 Å². The van der Waals surface area contributed by atoms with Crippen LogP contribution in [0.1, 0.15) is 23.7 Å². The molecule has 0 saturated heterocycles. The molecule has 1 amide bonds. The van der Waals surface area contributed by atoms with E-state index in [1.165, 1.54) is 0 Å². The second-order valence-electron chi connectivity index (χ2n) is 5.27. The summed E-state index contributed by atoms with van der Waals surface area (Å²) in [6.07, 6.45) is 3.79. The normalized spacial score (nSPS) is 16.8. The molecule has 22 heavy (non-hydrogen) atoms. The summed E-state index contributed by atoms with van der Waals surface area (Å²) in [6, 6.07) is 13.6. The Hall–Kier alpha value is -2.69. The standard InChI is InChI=1S/C17H17N3O2/c1-20(12-13-6-5-9-18-11-13)17(21)15-10-16(22-19-15)14-7-3-2-4-8-14/h2-9,11,16H,10,12H2,1H3. The molecule has 0 N–H and O–H groups in total. The Kier molecular flexibility index (Phi) is 4.14. The monoisotopic (exact) mass is 295 g/mol. The van der Waals surface area contributed by atoms with Gasteiger partial charge < -0.3 is 9.74 Å². The van der Waals surface area contributed by atoms with E-state index < -0.39 is 0 Å². The zero-order valence-corrected chi connectivity index (χ0v) is 12.3. The summed E-state index contributed by atoms with van der Waals surface area (Å²) < 4.78 is 0. The van der Waals surface area contributed by atoms with Gasteiger partial charge in [0.15, 0.2) is 6.10 Å². The van der Waals surface area contributed by atoms with E-state index in [0.29, 0.717) is 18.7 Å². The van der Waals surface area contributed by atoms with E-state index in [9.17, 15) is 4.79 Å². The van der Waals surface area contributed by atoms with E-state index in [2.05, 4.69) is 10.1 Å². The molecule has 5 heteroatoms. The van der Waals surface area contributed by atoms with Crippen LogP contribution in [0.5, 0.6) is 0 Å². The average Bonchev–Trinajstić information content (AvgIpc) is 3.06. The highest BCUT2D eigenvalue weighted by Gasteiger charge is 2.29. The minimum Gasteiger partial charge on any atom is -0.387 e. The van der Waals surface area contributed by atoms with Gasteiger partial charge in [-0.1, -0.05) is 41.6 Å². The predicted octanol–water partition coefficient (Wildman–Crippen LogP) is 2.56. The summed E-state index contributed by atoms with van der Waals surface area (Å²) in [5.41, 5.74) is 2.47. The predicted molar refractivity (Wildman–Crippen MR) is 83.0 cm³/mol. The molecule has 0 fully saturated rings. The molecule has 2 aromatic rings. The van der Waals surface area contributed by atoms with E-state index in [4.69, 9.17) is 4.84 Å². The van der Waals surface area contributed by atoms with Crippen molar-refractivity contribution in [3.63, 3.8) is 0 Å². The van der Waals surface area contributed by atoms with Gasteiger partial charge >= 0.3 is 0 Å². The molecule has 1 aliphatic heterocycles. The van der Waals surface area contributed by atoms with Crippen LogP contribution in [0.25, 0.3) is 0 Å². The van der Waals surface area contributed by atoms with E-state index in [1.807, 2.05) is 42.5 Å². The number of benzene rings is 1. The number of rotatable bonds is 4. The number of nitrogens with zero attached hydrogens (tertiary/aromatic N) is 3. The number of aromatic nitrogens is 1. The van der Waals surface area contributed by atoms with E-state index in [0.717, 1.165) is 11.1 Å². The number of hydrogen-bond acceptors (Lipinski definition) is 4. The van der Waals surface area contributed by atoms with Gasteiger partial charge in [-0.15, -0.1) is 0 Å². The Bertz CT molecular complexity index is 671. The van der Waals surface area contributed by atoms with Crippen molar-refractivity contribution in [2.24, 2.45) is 5.16 Å². The van der Waals surface area contributed by atoms with Crippen molar-refractivity contribution in [1.82, 2.24) is 9.88 Å². The molecule has 2 heterocycles. The Morgan fingerprint density at radius 2 is 2.09 bits per heavy atom. The van der Waals surface area contributed by atoms with Crippen LogP contribution in [-0.2, 0) is 16.2 Å². The number of carbonyl (C=O) groups excluding carboxylic acids is 1. The number of oxime groups is 1. The van der Waals surface area contributed by atoms with E-state index >= 15 is 0 Å². The summed E-state index contributed by atoms with van der Waals surface area (Å²) in [6.45, 7) is 0.502. The second kappa shape index (κ2) is 6.39. The van der Waals surface area contributed by atoms with Gasteiger partial charge in [-0.3, -0.25) is 9.78 Å². The van der Waals surface area contributed by atoms with Gasteiger partial charge in [0.1, 0.15) is 5.71 Å². The third kappa shape index (κ3) is 3.14. The highest BCUT2D eigenvalue weighted by atomic mass is 16.6. The Labute approximate surface area is 129 Å². The molecule has 0 saturated carbocycles. The summed E-state index contributed by atoms with van der Waals surface area (Å²) in [7, 11) is 1.76. The van der Waals surface area contributed by atoms with Crippen LogP contribution >= 0.6 is 0 Å². The minimum atomic E-state index is -0.174.